The molecule has 19 heavy (non-hydrogen) atoms. The zero-order chi connectivity index (χ0) is 13.9. The van der Waals surface area contributed by atoms with Crippen LogP contribution in [0.5, 0.6) is 5.75 Å². The van der Waals surface area contributed by atoms with Gasteiger partial charge in [0.1, 0.15) is 5.75 Å². The van der Waals surface area contributed by atoms with Crippen LogP contribution in [0.15, 0.2) is 18.2 Å². The highest BCUT2D eigenvalue weighted by Gasteiger charge is 2.25. The molecule has 0 spiro atoms. The number of amides is 1. The highest BCUT2D eigenvalue weighted by atomic mass is 16.5. The lowest BCUT2D eigenvalue weighted by atomic mass is 9.94. The zero-order valence-corrected chi connectivity index (χ0v) is 11.5. The predicted molar refractivity (Wildman–Crippen MR) is 73.5 cm³/mol. The SMILES string of the molecule is CCC(C)(CCO)NC(=O)c1ccc2c(c1)CCO2. The summed E-state index contributed by atoms with van der Waals surface area (Å²) in [6.07, 6.45) is 2.20. The van der Waals surface area contributed by atoms with E-state index in [1.807, 2.05) is 26.0 Å². The minimum atomic E-state index is -0.360. The van der Waals surface area contributed by atoms with E-state index < -0.39 is 0 Å². The summed E-state index contributed by atoms with van der Waals surface area (Å²) in [7, 11) is 0. The third kappa shape index (κ3) is 3.07. The van der Waals surface area contributed by atoms with Crippen molar-refractivity contribution in [2.45, 2.75) is 38.6 Å². The molecule has 2 rings (SSSR count). The van der Waals surface area contributed by atoms with Crippen molar-refractivity contribution >= 4 is 5.91 Å². The van der Waals surface area contributed by atoms with Crippen LogP contribution >= 0.6 is 0 Å². The molecule has 0 bridgehead atoms. The summed E-state index contributed by atoms with van der Waals surface area (Å²) in [6.45, 7) is 4.73. The van der Waals surface area contributed by atoms with E-state index in [4.69, 9.17) is 9.84 Å². The Bertz CT molecular complexity index is 472. The molecule has 0 fully saturated rings. The first-order valence-electron chi connectivity index (χ1n) is 6.77. The van der Waals surface area contributed by atoms with Gasteiger partial charge < -0.3 is 15.2 Å². The molecule has 1 aliphatic heterocycles. The number of hydrogen-bond donors (Lipinski definition) is 2. The quantitative estimate of drug-likeness (QED) is 0.853. The number of rotatable bonds is 5. The molecule has 1 aromatic carbocycles. The van der Waals surface area contributed by atoms with Gasteiger partial charge in [-0.2, -0.15) is 0 Å². The van der Waals surface area contributed by atoms with Gasteiger partial charge in [-0.3, -0.25) is 4.79 Å². The van der Waals surface area contributed by atoms with Gasteiger partial charge in [-0.1, -0.05) is 6.92 Å². The number of fused-ring (bicyclic) bond motifs is 1. The van der Waals surface area contributed by atoms with E-state index in [1.165, 1.54) is 0 Å². The molecule has 104 valence electrons. The van der Waals surface area contributed by atoms with Crippen molar-refractivity contribution < 1.29 is 14.6 Å². The predicted octanol–water partition coefficient (Wildman–Crippen LogP) is 1.90. The summed E-state index contributed by atoms with van der Waals surface area (Å²) in [5.74, 6) is 0.790. The number of aliphatic hydroxyl groups excluding tert-OH is 1. The molecule has 0 saturated heterocycles. The van der Waals surface area contributed by atoms with Gasteiger partial charge in [0, 0.05) is 24.1 Å². The fourth-order valence-corrected chi connectivity index (χ4v) is 2.25. The maximum Gasteiger partial charge on any atom is 0.251 e. The van der Waals surface area contributed by atoms with Crippen molar-refractivity contribution in [2.24, 2.45) is 0 Å². The van der Waals surface area contributed by atoms with Crippen LogP contribution in [-0.2, 0) is 6.42 Å². The van der Waals surface area contributed by atoms with E-state index in [9.17, 15) is 4.79 Å². The first-order chi connectivity index (χ1) is 9.08. The summed E-state index contributed by atoms with van der Waals surface area (Å²) >= 11 is 0. The average Bonchev–Trinajstić information content (AvgIpc) is 2.86. The summed E-state index contributed by atoms with van der Waals surface area (Å²) in [4.78, 5) is 12.3. The van der Waals surface area contributed by atoms with Crippen LogP contribution in [0, 0.1) is 0 Å². The lowest BCUT2D eigenvalue weighted by molar-refractivity contribution is 0.0886. The Morgan fingerprint density at radius 3 is 3.00 bits per heavy atom. The lowest BCUT2D eigenvalue weighted by Gasteiger charge is -2.29. The summed E-state index contributed by atoms with van der Waals surface area (Å²) in [5, 5.41) is 12.1. The van der Waals surface area contributed by atoms with Gasteiger partial charge in [-0.15, -0.1) is 0 Å². The van der Waals surface area contributed by atoms with E-state index in [1.54, 1.807) is 6.07 Å². The molecule has 1 amide bonds. The van der Waals surface area contributed by atoms with Crippen LogP contribution in [0.4, 0.5) is 0 Å². The third-order valence-corrected chi connectivity index (χ3v) is 3.81. The fourth-order valence-electron chi connectivity index (χ4n) is 2.25. The van der Waals surface area contributed by atoms with Gasteiger partial charge in [0.2, 0.25) is 0 Å². The summed E-state index contributed by atoms with van der Waals surface area (Å²) in [6, 6.07) is 5.54. The van der Waals surface area contributed by atoms with Crippen LogP contribution in [-0.4, -0.2) is 29.8 Å². The number of aliphatic hydroxyl groups is 1. The average molecular weight is 263 g/mol. The van der Waals surface area contributed by atoms with Crippen molar-refractivity contribution in [3.05, 3.63) is 29.3 Å². The van der Waals surface area contributed by atoms with Crippen LogP contribution in [0.1, 0.15) is 42.6 Å². The number of nitrogens with one attached hydrogen (secondary N) is 1. The Hall–Kier alpha value is -1.55. The van der Waals surface area contributed by atoms with Crippen LogP contribution < -0.4 is 10.1 Å². The summed E-state index contributed by atoms with van der Waals surface area (Å²) in [5.41, 5.74) is 1.39. The van der Waals surface area contributed by atoms with Gasteiger partial charge in [-0.05, 0) is 43.5 Å². The highest BCUT2D eigenvalue weighted by molar-refractivity contribution is 5.95. The Labute approximate surface area is 113 Å². The molecule has 1 unspecified atom stereocenters. The smallest absolute Gasteiger partial charge is 0.251 e. The molecule has 2 N–H and O–H groups in total. The molecule has 1 atom stereocenters. The Kier molecular flexibility index (Phi) is 4.10. The second-order valence-electron chi connectivity index (χ2n) is 5.26. The molecule has 4 heteroatoms. The van der Waals surface area contributed by atoms with Gasteiger partial charge >= 0.3 is 0 Å². The first kappa shape index (κ1) is 13.9. The topological polar surface area (TPSA) is 58.6 Å². The molecule has 1 aliphatic rings. The standard InChI is InChI=1S/C15H21NO3/c1-3-15(2,7-8-17)16-14(18)12-4-5-13-11(10-12)6-9-19-13/h4-5,10,17H,3,6-9H2,1-2H3,(H,16,18). The molecule has 1 heterocycles. The molecule has 0 saturated carbocycles. The van der Waals surface area contributed by atoms with Gasteiger partial charge in [0.25, 0.3) is 5.91 Å². The second kappa shape index (κ2) is 5.61. The van der Waals surface area contributed by atoms with Crippen LogP contribution in [0.2, 0.25) is 0 Å². The number of ether oxygens (including phenoxy) is 1. The lowest BCUT2D eigenvalue weighted by Crippen LogP contribution is -2.46. The maximum atomic E-state index is 12.3. The fraction of sp³-hybridized carbons (Fsp3) is 0.533. The van der Waals surface area contributed by atoms with Gasteiger partial charge in [0.15, 0.2) is 0 Å². The van der Waals surface area contributed by atoms with Crippen molar-refractivity contribution in [3.63, 3.8) is 0 Å². The van der Waals surface area contributed by atoms with E-state index in [0.717, 1.165) is 24.2 Å². The third-order valence-electron chi connectivity index (χ3n) is 3.81. The summed E-state index contributed by atoms with van der Waals surface area (Å²) < 4.78 is 5.43. The van der Waals surface area contributed by atoms with E-state index in [0.29, 0.717) is 18.6 Å². The largest absolute Gasteiger partial charge is 0.493 e. The second-order valence-corrected chi connectivity index (χ2v) is 5.26. The Balaban J connectivity index is 2.11. The normalized spacial score (nSPS) is 16.4. The molecular formula is C15H21NO3. The van der Waals surface area contributed by atoms with E-state index in [-0.39, 0.29) is 18.1 Å². The molecule has 0 aliphatic carbocycles. The van der Waals surface area contributed by atoms with Crippen molar-refractivity contribution in [2.75, 3.05) is 13.2 Å². The Morgan fingerprint density at radius 1 is 1.53 bits per heavy atom. The molecular weight excluding hydrogens is 242 g/mol. The molecule has 0 radical (unpaired) electrons. The minimum Gasteiger partial charge on any atom is -0.493 e. The van der Waals surface area contributed by atoms with Gasteiger partial charge in [-0.25, -0.2) is 0 Å². The maximum absolute atomic E-state index is 12.3. The van der Waals surface area contributed by atoms with Gasteiger partial charge in [0.05, 0.1) is 6.61 Å². The minimum absolute atomic E-state index is 0.0721. The van der Waals surface area contributed by atoms with Crippen molar-refractivity contribution in [1.82, 2.24) is 5.32 Å². The molecule has 0 aromatic heterocycles. The van der Waals surface area contributed by atoms with Crippen molar-refractivity contribution in [1.29, 1.82) is 0 Å². The van der Waals surface area contributed by atoms with E-state index in [2.05, 4.69) is 5.32 Å². The number of benzene rings is 1. The monoisotopic (exact) mass is 263 g/mol. The Morgan fingerprint density at radius 2 is 2.32 bits per heavy atom. The highest BCUT2D eigenvalue weighted by Crippen LogP contribution is 2.26. The first-order valence-corrected chi connectivity index (χ1v) is 6.77. The zero-order valence-electron chi connectivity index (χ0n) is 11.5. The number of carbonyl (C=O) groups excluding carboxylic acids is 1. The van der Waals surface area contributed by atoms with Crippen LogP contribution in [0.3, 0.4) is 0 Å². The van der Waals surface area contributed by atoms with Crippen molar-refractivity contribution in [3.8, 4) is 5.75 Å². The molecule has 1 aromatic rings. The van der Waals surface area contributed by atoms with Crippen LogP contribution in [0.25, 0.3) is 0 Å². The molecule has 4 nitrogen and oxygen atoms in total. The number of hydrogen-bond acceptors (Lipinski definition) is 3. The van der Waals surface area contributed by atoms with E-state index >= 15 is 0 Å². The number of carbonyl (C=O) groups is 1.